The van der Waals surface area contributed by atoms with Crippen LogP contribution in [0.4, 0.5) is 15.8 Å². The number of hydrogen-bond acceptors (Lipinski definition) is 8. The van der Waals surface area contributed by atoms with Gasteiger partial charge in [-0.3, -0.25) is 14.5 Å². The number of amidine groups is 1. The Morgan fingerprint density at radius 3 is 2.44 bits per heavy atom. The number of aliphatic imine (C=N–C) groups is 1. The number of anilines is 1. The number of rotatable bonds is 11. The zero-order chi connectivity index (χ0) is 29.4. The van der Waals surface area contributed by atoms with Crippen LogP contribution in [0.3, 0.4) is 0 Å². The van der Waals surface area contributed by atoms with E-state index >= 15 is 0 Å². The minimum Gasteiger partial charge on any atom is -0.493 e. The second kappa shape index (κ2) is 13.8. The number of ether oxygens (including phenoxy) is 3. The number of nitrogens with zero attached hydrogens (tertiary/aromatic N) is 2. The molecule has 0 aromatic heterocycles. The van der Waals surface area contributed by atoms with Gasteiger partial charge in [0.15, 0.2) is 16.7 Å². The highest BCUT2D eigenvalue weighted by atomic mass is 32.2. The van der Waals surface area contributed by atoms with Crippen LogP contribution < -0.4 is 14.8 Å². The highest BCUT2D eigenvalue weighted by Crippen LogP contribution is 2.33. The lowest BCUT2D eigenvalue weighted by molar-refractivity contribution is -0.128. The topological polar surface area (TPSA) is 107 Å². The molecule has 3 aromatic carbocycles. The molecule has 0 bridgehead atoms. The van der Waals surface area contributed by atoms with Crippen LogP contribution >= 0.6 is 11.8 Å². The number of benzene rings is 3. The first-order valence-electron chi connectivity index (χ1n) is 12.9. The highest BCUT2D eigenvalue weighted by molar-refractivity contribution is 8.15. The minimum atomic E-state index is -0.746. The SMILES string of the molecule is CCOC(=O)c1ccc(NC(=O)C[C@H]2SC(=Nc3ccccc3F)N(CCc3ccc(OC)c(OC)c3)C2=O)cc1. The zero-order valence-electron chi connectivity index (χ0n) is 22.9. The number of esters is 1. The molecule has 1 aliphatic heterocycles. The van der Waals surface area contributed by atoms with Crippen LogP contribution in [-0.2, 0) is 20.7 Å². The Morgan fingerprint density at radius 2 is 1.76 bits per heavy atom. The fourth-order valence-electron chi connectivity index (χ4n) is 4.14. The van der Waals surface area contributed by atoms with Crippen LogP contribution in [0.15, 0.2) is 71.7 Å². The number of nitrogens with one attached hydrogen (secondary N) is 1. The van der Waals surface area contributed by atoms with Gasteiger partial charge in [-0.15, -0.1) is 0 Å². The Morgan fingerprint density at radius 1 is 1.02 bits per heavy atom. The summed E-state index contributed by atoms with van der Waals surface area (Å²) in [6, 6.07) is 17.8. The fraction of sp³-hybridized carbons (Fsp3) is 0.267. The Bertz CT molecular complexity index is 1450. The molecular weight excluding hydrogens is 549 g/mol. The molecule has 1 N–H and O–H groups in total. The van der Waals surface area contributed by atoms with Crippen LogP contribution in [0.1, 0.15) is 29.3 Å². The molecule has 0 unspecified atom stereocenters. The molecule has 9 nitrogen and oxygen atoms in total. The summed E-state index contributed by atoms with van der Waals surface area (Å²) in [5.41, 5.74) is 1.85. The van der Waals surface area contributed by atoms with Crippen molar-refractivity contribution < 1.29 is 33.0 Å². The van der Waals surface area contributed by atoms with Crippen molar-refractivity contribution in [2.45, 2.75) is 25.0 Å². The Balaban J connectivity index is 1.48. The molecule has 0 radical (unpaired) electrons. The van der Waals surface area contributed by atoms with E-state index in [-0.39, 0.29) is 37.1 Å². The van der Waals surface area contributed by atoms with E-state index in [4.69, 9.17) is 14.2 Å². The molecule has 1 saturated heterocycles. The number of carbonyl (C=O) groups excluding carboxylic acids is 3. The van der Waals surface area contributed by atoms with Crippen molar-refractivity contribution in [1.82, 2.24) is 4.90 Å². The molecule has 1 fully saturated rings. The number of methoxy groups -OCH3 is 2. The third kappa shape index (κ3) is 7.43. The number of thioether (sulfide) groups is 1. The molecule has 1 atom stereocenters. The van der Waals surface area contributed by atoms with Crippen LogP contribution in [0.2, 0.25) is 0 Å². The molecule has 11 heteroatoms. The van der Waals surface area contributed by atoms with Gasteiger partial charge in [0, 0.05) is 18.7 Å². The van der Waals surface area contributed by atoms with Crippen LogP contribution in [0.5, 0.6) is 11.5 Å². The molecule has 214 valence electrons. The summed E-state index contributed by atoms with van der Waals surface area (Å²) in [5, 5.41) is 2.33. The zero-order valence-corrected chi connectivity index (χ0v) is 23.7. The van der Waals surface area contributed by atoms with Gasteiger partial charge in [-0.05, 0) is 67.4 Å². The lowest BCUT2D eigenvalue weighted by Crippen LogP contribution is -2.35. The van der Waals surface area contributed by atoms with Crippen LogP contribution in [-0.4, -0.2) is 60.5 Å². The smallest absolute Gasteiger partial charge is 0.338 e. The Labute approximate surface area is 241 Å². The van der Waals surface area contributed by atoms with Crippen molar-refractivity contribution in [1.29, 1.82) is 0 Å². The first-order chi connectivity index (χ1) is 19.8. The molecule has 0 spiro atoms. The number of para-hydroxylation sites is 1. The summed E-state index contributed by atoms with van der Waals surface area (Å²) >= 11 is 1.12. The molecule has 0 aliphatic carbocycles. The van der Waals surface area contributed by atoms with E-state index in [0.29, 0.717) is 34.3 Å². The standard InChI is InChI=1S/C30H30FN3O6S/c1-4-40-29(37)20-10-12-21(13-11-20)32-27(35)18-26-28(36)34(30(41-26)33-23-8-6-5-7-22(23)31)16-15-19-9-14-24(38-2)25(17-19)39-3/h5-14,17,26H,4,15-16,18H2,1-3H3,(H,32,35)/t26-/m1/s1. The maximum atomic E-state index is 14.4. The van der Waals surface area contributed by atoms with Gasteiger partial charge in [-0.25, -0.2) is 14.2 Å². The number of carbonyl (C=O) groups is 3. The summed E-state index contributed by atoms with van der Waals surface area (Å²) in [6.07, 6.45) is 0.348. The minimum absolute atomic E-state index is 0.103. The second-order valence-corrected chi connectivity index (χ2v) is 10.1. The van der Waals surface area contributed by atoms with Crippen molar-refractivity contribution in [2.75, 3.05) is 32.7 Å². The Hall–Kier alpha value is -4.38. The summed E-state index contributed by atoms with van der Waals surface area (Å²) in [4.78, 5) is 44.1. The highest BCUT2D eigenvalue weighted by Gasteiger charge is 2.39. The van der Waals surface area contributed by atoms with E-state index in [2.05, 4.69) is 10.3 Å². The second-order valence-electron chi connectivity index (χ2n) is 8.93. The summed E-state index contributed by atoms with van der Waals surface area (Å²) in [5.74, 6) is -0.483. The van der Waals surface area contributed by atoms with E-state index in [0.717, 1.165) is 17.3 Å². The van der Waals surface area contributed by atoms with E-state index in [1.54, 1.807) is 63.6 Å². The monoisotopic (exact) mass is 579 g/mol. The quantitative estimate of drug-likeness (QED) is 0.310. The van der Waals surface area contributed by atoms with E-state index in [1.807, 2.05) is 12.1 Å². The van der Waals surface area contributed by atoms with Gasteiger partial charge in [0.05, 0.1) is 26.4 Å². The van der Waals surface area contributed by atoms with Crippen LogP contribution in [0, 0.1) is 5.82 Å². The Kier molecular flexibility index (Phi) is 9.96. The van der Waals surface area contributed by atoms with Gasteiger partial charge in [0.1, 0.15) is 16.8 Å². The molecule has 1 heterocycles. The predicted octanol–water partition coefficient (Wildman–Crippen LogP) is 5.22. The van der Waals surface area contributed by atoms with Gasteiger partial charge in [-0.2, -0.15) is 0 Å². The fourth-order valence-corrected chi connectivity index (χ4v) is 5.31. The molecule has 4 rings (SSSR count). The van der Waals surface area contributed by atoms with E-state index in [9.17, 15) is 18.8 Å². The van der Waals surface area contributed by atoms with E-state index < -0.39 is 17.0 Å². The maximum Gasteiger partial charge on any atom is 0.338 e. The molecule has 0 saturated carbocycles. The van der Waals surface area contributed by atoms with Gasteiger partial charge in [-0.1, -0.05) is 30.0 Å². The number of hydrogen-bond donors (Lipinski definition) is 1. The first-order valence-corrected chi connectivity index (χ1v) is 13.8. The third-order valence-electron chi connectivity index (χ3n) is 6.21. The van der Waals surface area contributed by atoms with Crippen molar-refractivity contribution in [3.8, 4) is 11.5 Å². The molecule has 1 aliphatic rings. The third-order valence-corrected chi connectivity index (χ3v) is 7.39. The lowest BCUT2D eigenvalue weighted by Gasteiger charge is -2.17. The maximum absolute atomic E-state index is 14.4. The predicted molar refractivity (Wildman–Crippen MR) is 155 cm³/mol. The van der Waals surface area contributed by atoms with Crippen LogP contribution in [0.25, 0.3) is 0 Å². The van der Waals surface area contributed by atoms with Crippen molar-refractivity contribution in [2.24, 2.45) is 4.99 Å². The van der Waals surface area contributed by atoms with Crippen molar-refractivity contribution >= 4 is 46.1 Å². The van der Waals surface area contributed by atoms with Gasteiger partial charge >= 0.3 is 5.97 Å². The largest absolute Gasteiger partial charge is 0.493 e. The van der Waals surface area contributed by atoms with Gasteiger partial charge in [0.2, 0.25) is 11.8 Å². The molecule has 2 amide bonds. The average molecular weight is 580 g/mol. The number of amides is 2. The van der Waals surface area contributed by atoms with Gasteiger partial charge in [0.25, 0.3) is 0 Å². The molecule has 3 aromatic rings. The van der Waals surface area contributed by atoms with E-state index in [1.165, 1.54) is 17.0 Å². The summed E-state index contributed by atoms with van der Waals surface area (Å²) < 4.78 is 30.1. The van der Waals surface area contributed by atoms with Crippen molar-refractivity contribution in [3.05, 3.63) is 83.7 Å². The summed E-state index contributed by atoms with van der Waals surface area (Å²) in [6.45, 7) is 2.25. The summed E-state index contributed by atoms with van der Waals surface area (Å²) in [7, 11) is 3.10. The van der Waals surface area contributed by atoms with Crippen molar-refractivity contribution in [3.63, 3.8) is 0 Å². The van der Waals surface area contributed by atoms with Gasteiger partial charge < -0.3 is 19.5 Å². The number of halogens is 1. The average Bonchev–Trinajstić information content (AvgIpc) is 3.26. The lowest BCUT2D eigenvalue weighted by atomic mass is 10.1. The normalized spacial score (nSPS) is 15.6. The molecule has 41 heavy (non-hydrogen) atoms. The first kappa shape index (κ1) is 29.6. The molecular formula is C30H30FN3O6S.